The van der Waals surface area contributed by atoms with Gasteiger partial charge in [0.25, 0.3) is 11.1 Å². The molecule has 0 amide bonds. The van der Waals surface area contributed by atoms with Crippen LogP contribution in [0.25, 0.3) is 22.2 Å². The monoisotopic (exact) mass is 424 g/mol. The number of thiophene rings is 1. The zero-order chi connectivity index (χ0) is 19.8. The van der Waals surface area contributed by atoms with Crippen molar-refractivity contribution in [1.82, 2.24) is 20.4 Å². The molecular formula is C21H20N4O2S2. The molecule has 2 unspecified atom stereocenters. The van der Waals surface area contributed by atoms with Gasteiger partial charge in [-0.3, -0.25) is 0 Å². The first kappa shape index (κ1) is 18.6. The molecule has 1 aliphatic rings. The second-order valence-corrected chi connectivity index (χ2v) is 9.78. The molecule has 29 heavy (non-hydrogen) atoms. The molecule has 1 aromatic carbocycles. The number of hydrogen-bond donors (Lipinski definition) is 0. The van der Waals surface area contributed by atoms with Crippen LogP contribution in [-0.2, 0) is 12.8 Å². The molecule has 0 spiro atoms. The fourth-order valence-corrected chi connectivity index (χ4v) is 5.31. The third-order valence-corrected chi connectivity index (χ3v) is 7.18. The largest absolute Gasteiger partial charge is 0.419 e. The normalized spacial score (nSPS) is 17.2. The van der Waals surface area contributed by atoms with Crippen LogP contribution < -0.4 is 0 Å². The zero-order valence-electron chi connectivity index (χ0n) is 16.2. The Morgan fingerprint density at radius 2 is 1.90 bits per heavy atom. The first-order chi connectivity index (χ1) is 14.2. The van der Waals surface area contributed by atoms with Crippen LogP contribution in [0.3, 0.4) is 0 Å². The van der Waals surface area contributed by atoms with Crippen molar-refractivity contribution in [1.29, 1.82) is 0 Å². The van der Waals surface area contributed by atoms with E-state index in [1.54, 1.807) is 11.3 Å². The van der Waals surface area contributed by atoms with Crippen molar-refractivity contribution in [3.8, 4) is 22.2 Å². The van der Waals surface area contributed by atoms with Crippen LogP contribution in [0.1, 0.15) is 41.8 Å². The van der Waals surface area contributed by atoms with Gasteiger partial charge in [-0.05, 0) is 55.9 Å². The van der Waals surface area contributed by atoms with Crippen molar-refractivity contribution in [2.45, 2.75) is 43.6 Å². The second-order valence-electron chi connectivity index (χ2n) is 7.35. The predicted molar refractivity (Wildman–Crippen MR) is 113 cm³/mol. The van der Waals surface area contributed by atoms with Crippen molar-refractivity contribution in [2.24, 2.45) is 5.92 Å². The fraction of sp³-hybridized carbons (Fsp3) is 0.333. The van der Waals surface area contributed by atoms with Gasteiger partial charge in [0.1, 0.15) is 0 Å². The van der Waals surface area contributed by atoms with E-state index in [4.69, 9.17) is 8.83 Å². The Kier molecular flexibility index (Phi) is 4.97. The minimum Gasteiger partial charge on any atom is -0.419 e. The molecular weight excluding hydrogens is 404 g/mol. The van der Waals surface area contributed by atoms with E-state index in [-0.39, 0.29) is 5.25 Å². The van der Waals surface area contributed by atoms with Gasteiger partial charge >= 0.3 is 0 Å². The van der Waals surface area contributed by atoms with Gasteiger partial charge in [0.05, 0.1) is 10.1 Å². The molecule has 0 aliphatic heterocycles. The van der Waals surface area contributed by atoms with Crippen LogP contribution in [0.5, 0.6) is 0 Å². The molecule has 0 N–H and O–H groups in total. The lowest BCUT2D eigenvalue weighted by Crippen LogP contribution is -2.07. The van der Waals surface area contributed by atoms with E-state index in [9.17, 15) is 0 Å². The van der Waals surface area contributed by atoms with E-state index in [0.29, 0.717) is 22.9 Å². The highest BCUT2D eigenvalue weighted by atomic mass is 32.2. The summed E-state index contributed by atoms with van der Waals surface area (Å²) in [5.74, 6) is 2.38. The lowest BCUT2D eigenvalue weighted by atomic mass is 9.90. The Bertz CT molecular complexity index is 1120. The molecule has 148 valence electrons. The Hall–Kier alpha value is -2.45. The van der Waals surface area contributed by atoms with Crippen molar-refractivity contribution >= 4 is 23.1 Å². The summed E-state index contributed by atoms with van der Waals surface area (Å²) in [4.78, 5) is 2.51. The van der Waals surface area contributed by atoms with Crippen molar-refractivity contribution < 1.29 is 8.83 Å². The molecule has 0 bridgehead atoms. The number of benzene rings is 1. The van der Waals surface area contributed by atoms with Crippen molar-refractivity contribution in [2.75, 3.05) is 0 Å². The summed E-state index contributed by atoms with van der Waals surface area (Å²) in [7, 11) is 0. The summed E-state index contributed by atoms with van der Waals surface area (Å²) in [5, 5.41) is 17.2. The van der Waals surface area contributed by atoms with Gasteiger partial charge in [0.15, 0.2) is 0 Å². The maximum Gasteiger partial charge on any atom is 0.277 e. The Labute approximate surface area is 176 Å². The topological polar surface area (TPSA) is 77.8 Å². The highest BCUT2D eigenvalue weighted by Gasteiger charge is 2.23. The molecule has 3 aromatic heterocycles. The molecule has 6 nitrogen and oxygen atoms in total. The Morgan fingerprint density at radius 3 is 2.76 bits per heavy atom. The summed E-state index contributed by atoms with van der Waals surface area (Å²) in [5.41, 5.74) is 2.34. The molecule has 4 aromatic rings. The third-order valence-electron chi connectivity index (χ3n) is 5.03. The third kappa shape index (κ3) is 3.86. The Balaban J connectivity index is 1.30. The average Bonchev–Trinajstić information content (AvgIpc) is 3.47. The van der Waals surface area contributed by atoms with E-state index >= 15 is 0 Å². The molecule has 1 aliphatic carbocycles. The van der Waals surface area contributed by atoms with Crippen molar-refractivity contribution in [3.05, 3.63) is 52.7 Å². The van der Waals surface area contributed by atoms with Crippen LogP contribution in [-0.4, -0.2) is 20.4 Å². The number of thioether (sulfide) groups is 1. The van der Waals surface area contributed by atoms with Crippen LogP contribution in [0, 0.1) is 5.92 Å². The van der Waals surface area contributed by atoms with Crippen LogP contribution in [0.15, 0.2) is 50.5 Å². The summed E-state index contributed by atoms with van der Waals surface area (Å²) >= 11 is 3.20. The fourth-order valence-electron chi connectivity index (χ4n) is 3.47. The lowest BCUT2D eigenvalue weighted by Gasteiger charge is -2.16. The minimum absolute atomic E-state index is 0.0920. The van der Waals surface area contributed by atoms with Gasteiger partial charge in [0.2, 0.25) is 11.8 Å². The van der Waals surface area contributed by atoms with Gasteiger partial charge in [-0.2, -0.15) is 0 Å². The van der Waals surface area contributed by atoms with Crippen LogP contribution in [0.2, 0.25) is 0 Å². The zero-order valence-corrected chi connectivity index (χ0v) is 17.8. The number of hydrogen-bond acceptors (Lipinski definition) is 8. The van der Waals surface area contributed by atoms with Crippen LogP contribution in [0.4, 0.5) is 0 Å². The first-order valence-electron chi connectivity index (χ1n) is 9.66. The number of rotatable bonds is 5. The van der Waals surface area contributed by atoms with Gasteiger partial charge in [0, 0.05) is 10.4 Å². The van der Waals surface area contributed by atoms with E-state index in [1.807, 2.05) is 37.3 Å². The SMILES string of the molecule is CC1CCc2sc(-c3nnc(SC(C)c4nnc(-c5ccccc5)o4)o3)cc2C1. The van der Waals surface area contributed by atoms with E-state index in [1.165, 1.54) is 28.6 Å². The molecule has 3 heterocycles. The molecule has 0 radical (unpaired) electrons. The maximum atomic E-state index is 5.92. The quantitative estimate of drug-likeness (QED) is 0.373. The molecule has 2 atom stereocenters. The van der Waals surface area contributed by atoms with E-state index in [2.05, 4.69) is 33.4 Å². The molecule has 5 rings (SSSR count). The van der Waals surface area contributed by atoms with Gasteiger partial charge in [-0.1, -0.05) is 36.9 Å². The van der Waals surface area contributed by atoms with Crippen molar-refractivity contribution in [3.63, 3.8) is 0 Å². The summed E-state index contributed by atoms with van der Waals surface area (Å²) in [6, 6.07) is 11.9. The molecule has 0 fully saturated rings. The molecule has 0 saturated carbocycles. The van der Waals surface area contributed by atoms with Gasteiger partial charge in [-0.25, -0.2) is 0 Å². The average molecular weight is 425 g/mol. The standard InChI is InChI=1S/C21H20N4O2S2/c1-12-8-9-16-15(10-12)11-17(29-16)20-24-25-21(27-20)28-13(2)18-22-23-19(26-18)14-6-4-3-5-7-14/h3-7,11-13H,8-10H2,1-2H3. The highest BCUT2D eigenvalue weighted by molar-refractivity contribution is 7.99. The first-order valence-corrected chi connectivity index (χ1v) is 11.4. The number of aromatic nitrogens is 4. The molecule has 0 saturated heterocycles. The number of aryl methyl sites for hydroxylation is 1. The van der Waals surface area contributed by atoms with Gasteiger partial charge < -0.3 is 8.83 Å². The predicted octanol–water partition coefficient (Wildman–Crippen LogP) is 5.83. The second kappa shape index (κ2) is 7.76. The highest BCUT2D eigenvalue weighted by Crippen LogP contribution is 2.39. The Morgan fingerprint density at radius 1 is 1.07 bits per heavy atom. The molecule has 8 heteroatoms. The van der Waals surface area contributed by atoms with Crippen LogP contribution >= 0.6 is 23.1 Å². The lowest BCUT2D eigenvalue weighted by molar-refractivity contribution is 0.462. The summed E-state index contributed by atoms with van der Waals surface area (Å²) in [6.07, 6.45) is 3.54. The minimum atomic E-state index is -0.0920. The maximum absolute atomic E-state index is 5.92. The smallest absolute Gasteiger partial charge is 0.277 e. The summed E-state index contributed by atoms with van der Waals surface area (Å²) in [6.45, 7) is 4.30. The van der Waals surface area contributed by atoms with Gasteiger partial charge in [-0.15, -0.1) is 31.7 Å². The number of fused-ring (bicyclic) bond motifs is 1. The van der Waals surface area contributed by atoms with E-state index in [0.717, 1.165) is 29.2 Å². The summed E-state index contributed by atoms with van der Waals surface area (Å²) < 4.78 is 11.7. The van der Waals surface area contributed by atoms with E-state index < -0.39 is 0 Å². The number of nitrogens with zero attached hydrogens (tertiary/aromatic N) is 4.